The molecule has 0 radical (unpaired) electrons. The number of carbonyl (C=O) groups is 1. The number of rotatable bonds is 3. The summed E-state index contributed by atoms with van der Waals surface area (Å²) in [6.45, 7) is 2.71. The average molecular weight is 272 g/mol. The molecule has 1 aliphatic heterocycles. The van der Waals surface area contributed by atoms with E-state index in [-0.39, 0.29) is 11.9 Å². The Morgan fingerprint density at radius 2 is 2.20 bits per heavy atom. The highest BCUT2D eigenvalue weighted by atomic mass is 16.2. The fraction of sp³-hybridized carbons (Fsp3) is 0.588. The first-order chi connectivity index (χ1) is 9.72. The first-order valence-electron chi connectivity index (χ1n) is 7.81. The summed E-state index contributed by atoms with van der Waals surface area (Å²) in [5, 5.41) is 6.60. The summed E-state index contributed by atoms with van der Waals surface area (Å²) in [6.07, 6.45) is 6.20. The Morgan fingerprint density at radius 1 is 1.35 bits per heavy atom. The van der Waals surface area contributed by atoms with E-state index in [0.29, 0.717) is 12.6 Å². The lowest BCUT2D eigenvalue weighted by molar-refractivity contribution is -0.123. The van der Waals surface area contributed by atoms with Gasteiger partial charge < -0.3 is 10.6 Å². The molecule has 3 unspecified atom stereocenters. The molecule has 2 aliphatic rings. The van der Waals surface area contributed by atoms with Crippen LogP contribution in [0.5, 0.6) is 0 Å². The van der Waals surface area contributed by atoms with E-state index < -0.39 is 0 Å². The fourth-order valence-corrected chi connectivity index (χ4v) is 3.66. The minimum atomic E-state index is 0.0212. The van der Waals surface area contributed by atoms with Crippen LogP contribution >= 0.6 is 0 Å². The molecule has 1 heterocycles. The lowest BCUT2D eigenvalue weighted by Crippen LogP contribution is -2.42. The maximum absolute atomic E-state index is 12.3. The van der Waals surface area contributed by atoms with Crippen LogP contribution in [0.4, 0.5) is 0 Å². The largest absolute Gasteiger partial charge is 0.351 e. The number of aryl methyl sites for hydroxylation is 1. The average Bonchev–Trinajstić information content (AvgIpc) is 2.89. The van der Waals surface area contributed by atoms with Crippen LogP contribution in [-0.2, 0) is 11.3 Å². The normalized spacial score (nSPS) is 28.9. The van der Waals surface area contributed by atoms with Gasteiger partial charge in [0.25, 0.3) is 0 Å². The predicted octanol–water partition coefficient (Wildman–Crippen LogP) is 2.53. The second kappa shape index (κ2) is 5.96. The van der Waals surface area contributed by atoms with Crippen LogP contribution in [0.15, 0.2) is 24.3 Å². The number of nitrogens with one attached hydrogen (secondary N) is 2. The number of amides is 1. The summed E-state index contributed by atoms with van der Waals surface area (Å²) in [5.41, 5.74) is 2.41. The van der Waals surface area contributed by atoms with E-state index in [2.05, 4.69) is 35.8 Å². The molecule has 3 rings (SSSR count). The van der Waals surface area contributed by atoms with Gasteiger partial charge in [0, 0.05) is 12.6 Å². The molecule has 3 atom stereocenters. The zero-order valence-electron chi connectivity index (χ0n) is 12.2. The van der Waals surface area contributed by atoms with Crippen molar-refractivity contribution in [1.29, 1.82) is 0 Å². The van der Waals surface area contributed by atoms with Crippen molar-refractivity contribution in [3.63, 3.8) is 0 Å². The van der Waals surface area contributed by atoms with Crippen LogP contribution in [-0.4, -0.2) is 18.0 Å². The van der Waals surface area contributed by atoms with Crippen LogP contribution in [0.2, 0.25) is 0 Å². The first-order valence-corrected chi connectivity index (χ1v) is 7.81. The molecule has 2 fully saturated rings. The summed E-state index contributed by atoms with van der Waals surface area (Å²) >= 11 is 0. The highest BCUT2D eigenvalue weighted by Crippen LogP contribution is 2.33. The van der Waals surface area contributed by atoms with Gasteiger partial charge in [-0.3, -0.25) is 4.79 Å². The highest BCUT2D eigenvalue weighted by Gasteiger charge is 2.37. The topological polar surface area (TPSA) is 41.1 Å². The third-order valence-corrected chi connectivity index (χ3v) is 4.73. The van der Waals surface area contributed by atoms with Gasteiger partial charge in [-0.1, -0.05) is 42.7 Å². The predicted molar refractivity (Wildman–Crippen MR) is 80.3 cm³/mol. The van der Waals surface area contributed by atoms with Crippen LogP contribution < -0.4 is 10.6 Å². The van der Waals surface area contributed by atoms with Crippen LogP contribution in [0.25, 0.3) is 0 Å². The second-order valence-corrected chi connectivity index (χ2v) is 6.31. The Labute approximate surface area is 121 Å². The Balaban J connectivity index is 1.52. The molecular weight excluding hydrogens is 248 g/mol. The van der Waals surface area contributed by atoms with Crippen molar-refractivity contribution >= 4 is 5.91 Å². The molecule has 20 heavy (non-hydrogen) atoms. The quantitative estimate of drug-likeness (QED) is 0.888. The van der Waals surface area contributed by atoms with Gasteiger partial charge in [-0.2, -0.15) is 0 Å². The summed E-state index contributed by atoms with van der Waals surface area (Å²) in [7, 11) is 0. The van der Waals surface area contributed by atoms with E-state index in [1.54, 1.807) is 0 Å². The van der Waals surface area contributed by atoms with Gasteiger partial charge in [0.1, 0.15) is 0 Å². The van der Waals surface area contributed by atoms with Gasteiger partial charge in [0.2, 0.25) is 5.91 Å². The molecule has 3 nitrogen and oxygen atoms in total. The van der Waals surface area contributed by atoms with Crippen LogP contribution in [0, 0.1) is 12.8 Å². The zero-order chi connectivity index (χ0) is 13.9. The molecule has 0 aromatic heterocycles. The fourth-order valence-electron chi connectivity index (χ4n) is 3.66. The van der Waals surface area contributed by atoms with Gasteiger partial charge >= 0.3 is 0 Å². The number of carbonyl (C=O) groups excluding carboxylic acids is 1. The van der Waals surface area contributed by atoms with E-state index in [9.17, 15) is 4.79 Å². The molecule has 0 spiro atoms. The van der Waals surface area contributed by atoms with E-state index in [4.69, 9.17) is 0 Å². The van der Waals surface area contributed by atoms with Crippen LogP contribution in [0.1, 0.15) is 43.2 Å². The Kier molecular flexibility index (Phi) is 4.06. The lowest BCUT2D eigenvalue weighted by atomic mass is 9.85. The van der Waals surface area contributed by atoms with Gasteiger partial charge in [-0.05, 0) is 37.7 Å². The van der Waals surface area contributed by atoms with Gasteiger partial charge in [0.15, 0.2) is 0 Å². The molecule has 1 saturated carbocycles. The lowest BCUT2D eigenvalue weighted by Gasteiger charge is -2.24. The van der Waals surface area contributed by atoms with Crippen molar-refractivity contribution in [3.05, 3.63) is 35.4 Å². The highest BCUT2D eigenvalue weighted by molar-refractivity contribution is 5.82. The minimum absolute atomic E-state index is 0.0212. The maximum atomic E-state index is 12.3. The number of hydrogen-bond donors (Lipinski definition) is 2. The van der Waals surface area contributed by atoms with E-state index >= 15 is 0 Å². The molecule has 1 aliphatic carbocycles. The smallest absolute Gasteiger partial charge is 0.237 e. The van der Waals surface area contributed by atoms with Crippen molar-refractivity contribution in [2.45, 2.75) is 57.7 Å². The van der Waals surface area contributed by atoms with Gasteiger partial charge in [0.05, 0.1) is 6.04 Å². The van der Waals surface area contributed by atoms with Crippen molar-refractivity contribution in [1.82, 2.24) is 10.6 Å². The molecule has 1 amide bonds. The van der Waals surface area contributed by atoms with E-state index in [0.717, 1.165) is 12.3 Å². The zero-order valence-corrected chi connectivity index (χ0v) is 12.2. The molecule has 0 bridgehead atoms. The van der Waals surface area contributed by atoms with Crippen molar-refractivity contribution < 1.29 is 4.79 Å². The van der Waals surface area contributed by atoms with Gasteiger partial charge in [-0.15, -0.1) is 0 Å². The summed E-state index contributed by atoms with van der Waals surface area (Å²) in [5.74, 6) is 0.888. The summed E-state index contributed by atoms with van der Waals surface area (Å²) in [4.78, 5) is 12.3. The Hall–Kier alpha value is -1.35. The third-order valence-electron chi connectivity index (χ3n) is 4.73. The molecule has 2 N–H and O–H groups in total. The first kappa shape index (κ1) is 13.6. The minimum Gasteiger partial charge on any atom is -0.351 e. The standard InChI is InChI=1S/C17H24N2O/c1-12-5-4-6-13(9-12)11-18-17(20)16-10-14-7-2-3-8-15(14)19-16/h4-6,9,14-16,19H,2-3,7-8,10-11H2,1H3,(H,18,20). The van der Waals surface area contributed by atoms with Crippen LogP contribution in [0.3, 0.4) is 0 Å². The van der Waals surface area contributed by atoms with Gasteiger partial charge in [-0.25, -0.2) is 0 Å². The second-order valence-electron chi connectivity index (χ2n) is 6.31. The molecule has 3 heteroatoms. The number of benzene rings is 1. The SMILES string of the molecule is Cc1cccc(CNC(=O)C2CC3CCCCC3N2)c1. The van der Waals surface area contributed by atoms with E-state index in [1.165, 1.54) is 36.8 Å². The molecule has 1 saturated heterocycles. The van der Waals surface area contributed by atoms with Crippen molar-refractivity contribution in [2.75, 3.05) is 0 Å². The number of hydrogen-bond acceptors (Lipinski definition) is 2. The molecule has 1 aromatic rings. The maximum Gasteiger partial charge on any atom is 0.237 e. The van der Waals surface area contributed by atoms with Crippen molar-refractivity contribution in [2.24, 2.45) is 5.92 Å². The van der Waals surface area contributed by atoms with E-state index in [1.807, 2.05) is 6.07 Å². The third kappa shape index (κ3) is 3.04. The molecule has 1 aromatic carbocycles. The monoisotopic (exact) mass is 272 g/mol. The number of fused-ring (bicyclic) bond motifs is 1. The summed E-state index contributed by atoms with van der Waals surface area (Å²) < 4.78 is 0. The summed E-state index contributed by atoms with van der Waals surface area (Å²) in [6, 6.07) is 8.91. The van der Waals surface area contributed by atoms with Crippen molar-refractivity contribution in [3.8, 4) is 0 Å². The molecule has 108 valence electrons. The Bertz CT molecular complexity index is 472. The Morgan fingerprint density at radius 3 is 3.00 bits per heavy atom. The molecular formula is C17H24N2O.